The van der Waals surface area contributed by atoms with Gasteiger partial charge in [0.15, 0.2) is 5.82 Å². The van der Waals surface area contributed by atoms with Crippen molar-refractivity contribution in [2.75, 3.05) is 34.2 Å². The van der Waals surface area contributed by atoms with Crippen molar-refractivity contribution in [1.82, 2.24) is 19.2 Å². The van der Waals surface area contributed by atoms with E-state index in [1.165, 1.54) is 33.4 Å². The molecular formula is C35H36FN7O8S. The molecule has 0 spiro atoms. The van der Waals surface area contributed by atoms with Gasteiger partial charge in [-0.1, -0.05) is 0 Å². The van der Waals surface area contributed by atoms with Crippen LogP contribution in [0.1, 0.15) is 44.6 Å². The summed E-state index contributed by atoms with van der Waals surface area (Å²) < 4.78 is 45.2. The van der Waals surface area contributed by atoms with Crippen molar-refractivity contribution in [2.45, 2.75) is 44.6 Å². The number of nitrogens with zero attached hydrogens (tertiary/aromatic N) is 4. The highest BCUT2D eigenvalue weighted by molar-refractivity contribution is 7.92. The Morgan fingerprint density at radius 2 is 1.77 bits per heavy atom. The summed E-state index contributed by atoms with van der Waals surface area (Å²) in [6.45, 7) is 0.985. The summed E-state index contributed by atoms with van der Waals surface area (Å²) in [7, 11) is -2.65. The molecule has 8 rings (SSSR count). The first-order valence-electron chi connectivity index (χ1n) is 17.2. The van der Waals surface area contributed by atoms with Crippen LogP contribution in [0.5, 0.6) is 5.75 Å². The van der Waals surface area contributed by atoms with Crippen molar-refractivity contribution >= 4 is 72.7 Å². The Morgan fingerprint density at radius 3 is 2.48 bits per heavy atom. The number of rotatable bonds is 7. The number of aryl methyl sites for hydroxylation is 1. The Bertz CT molecular complexity index is 2380. The van der Waals surface area contributed by atoms with Gasteiger partial charge in [-0.25, -0.2) is 18.2 Å². The molecule has 3 saturated heterocycles. The maximum atomic E-state index is 15.4. The summed E-state index contributed by atoms with van der Waals surface area (Å²) in [4.78, 5) is 64.4. The summed E-state index contributed by atoms with van der Waals surface area (Å²) in [5, 5.41) is 16.0. The number of carbonyl (C=O) groups is 4. The van der Waals surface area contributed by atoms with Crippen molar-refractivity contribution in [3.05, 3.63) is 58.8 Å². The fraction of sp³-hybridized carbons (Fsp3) is 0.400. The van der Waals surface area contributed by atoms with E-state index in [0.29, 0.717) is 26.9 Å². The monoisotopic (exact) mass is 733 g/mol. The molecule has 4 fully saturated rings. The predicted molar refractivity (Wildman–Crippen MR) is 188 cm³/mol. The van der Waals surface area contributed by atoms with Crippen LogP contribution in [-0.2, 0) is 36.4 Å². The Hall–Kier alpha value is -5.45. The van der Waals surface area contributed by atoms with Crippen LogP contribution < -0.4 is 30.3 Å². The molecule has 4 N–H and O–H groups in total. The molecule has 4 aliphatic rings. The van der Waals surface area contributed by atoms with E-state index in [2.05, 4.69) is 15.5 Å². The van der Waals surface area contributed by atoms with E-state index in [9.17, 15) is 37.5 Å². The Kier molecular flexibility index (Phi) is 8.00. The van der Waals surface area contributed by atoms with Gasteiger partial charge < -0.3 is 15.3 Å². The minimum Gasteiger partial charge on any atom is -0.506 e. The van der Waals surface area contributed by atoms with Gasteiger partial charge in [0.05, 0.1) is 11.0 Å². The fourth-order valence-electron chi connectivity index (χ4n) is 8.00. The molecule has 15 nitrogen and oxygen atoms in total. The molecule has 1 saturated carbocycles. The molecule has 17 heteroatoms. The maximum Gasteiger partial charge on any atom is 0.329 e. The quantitative estimate of drug-likeness (QED) is 0.207. The molecule has 4 aromatic rings. The molecule has 272 valence electrons. The molecular weight excluding hydrogens is 697 g/mol. The van der Waals surface area contributed by atoms with Crippen LogP contribution in [-0.4, -0.2) is 65.9 Å². The topological polar surface area (TPSA) is 192 Å². The molecule has 4 heterocycles. The van der Waals surface area contributed by atoms with Crippen molar-refractivity contribution in [2.24, 2.45) is 24.8 Å². The van der Waals surface area contributed by atoms with Gasteiger partial charge in [-0.3, -0.25) is 33.6 Å². The van der Waals surface area contributed by atoms with Crippen molar-refractivity contribution < 1.29 is 37.1 Å². The number of anilines is 3. The number of aromatic nitrogens is 2. The number of aromatic hydroxyl groups is 1. The Labute approximate surface area is 296 Å². The van der Waals surface area contributed by atoms with Crippen molar-refractivity contribution in [3.63, 3.8) is 0 Å². The van der Waals surface area contributed by atoms with Crippen molar-refractivity contribution in [3.8, 4) is 5.75 Å². The van der Waals surface area contributed by atoms with Crippen molar-refractivity contribution in [1.29, 1.82) is 0 Å². The van der Waals surface area contributed by atoms with Crippen LogP contribution in [0.15, 0.2) is 47.3 Å². The summed E-state index contributed by atoms with van der Waals surface area (Å²) >= 11 is 0. The highest BCUT2D eigenvalue weighted by Crippen LogP contribution is 2.46. The summed E-state index contributed by atoms with van der Waals surface area (Å²) in [5.74, 6) is -2.89. The van der Waals surface area contributed by atoms with E-state index in [1.54, 1.807) is 11.8 Å². The smallest absolute Gasteiger partial charge is 0.329 e. The molecule has 0 radical (unpaired) electrons. The molecule has 3 aromatic carbocycles. The van der Waals surface area contributed by atoms with Gasteiger partial charge in [0.2, 0.25) is 17.7 Å². The molecule has 0 bridgehead atoms. The number of imidazole rings is 1. The van der Waals surface area contributed by atoms with Crippen LogP contribution in [0.25, 0.3) is 21.8 Å². The predicted octanol–water partition coefficient (Wildman–Crippen LogP) is 2.38. The molecule has 3 atom stereocenters. The highest BCUT2D eigenvalue weighted by Gasteiger charge is 2.44. The number of fused-ring (bicyclic) bond motifs is 2. The number of imide groups is 1. The first-order chi connectivity index (χ1) is 24.8. The van der Waals surface area contributed by atoms with Gasteiger partial charge in [0, 0.05) is 49.2 Å². The number of nitrogens with one attached hydrogen (secondary N) is 3. The average Bonchev–Trinajstić information content (AvgIpc) is 3.75. The normalized spacial score (nSPS) is 23.3. The van der Waals surface area contributed by atoms with E-state index in [1.807, 2.05) is 18.2 Å². The largest absolute Gasteiger partial charge is 0.506 e. The minimum absolute atomic E-state index is 0.0191. The summed E-state index contributed by atoms with van der Waals surface area (Å²) in [6, 6.07) is 10.7. The number of phenols is 1. The molecule has 1 aliphatic carbocycles. The third kappa shape index (κ3) is 5.81. The molecule has 4 amide bonds. The van der Waals surface area contributed by atoms with Gasteiger partial charge in [-0.2, -0.15) is 8.42 Å². The van der Waals surface area contributed by atoms with Crippen LogP contribution in [0.4, 0.5) is 21.5 Å². The second-order valence-electron chi connectivity index (χ2n) is 14.1. The van der Waals surface area contributed by atoms with E-state index in [0.717, 1.165) is 44.5 Å². The minimum atomic E-state index is -4.33. The molecule has 3 unspecified atom stereocenters. The third-order valence-electron chi connectivity index (χ3n) is 10.8. The second-order valence-corrected chi connectivity index (χ2v) is 15.7. The number of amides is 4. The number of hydrogen-bond donors (Lipinski definition) is 4. The SMILES string of the molecule is Cn1c(=O)n(C2CCC(=O)NC2=O)c2ccc(N3CCC(CC4CC4C(=O)Nc4ccc5c(F)c(N6CC(=O)NS6(=O)=O)c(O)cc5c4)CC3)cc21. The van der Waals surface area contributed by atoms with Gasteiger partial charge >= 0.3 is 15.9 Å². The summed E-state index contributed by atoms with van der Waals surface area (Å²) in [5.41, 5.74) is 1.83. The van der Waals surface area contributed by atoms with Crippen LogP contribution in [0.2, 0.25) is 0 Å². The standard InChI is InChI=1S/C35H36FN7O8S/c1-40-27-16-22(3-5-25(27)43(35(40)49)26-6-7-29(45)38-34(26)48)41-10-8-18(9-11-41)12-19-14-24(19)33(47)37-21-2-4-23-20(13-21)15-28(44)32(31(23)36)42-17-30(46)39-52(42,50)51/h2-5,13,15-16,18-19,24,26,44H,6-12,14,17H2,1H3,(H,37,47)(H,39,46)(H,38,45,48). The third-order valence-corrected chi connectivity index (χ3v) is 12.2. The van der Waals surface area contributed by atoms with Crippen LogP contribution in [0, 0.1) is 23.6 Å². The summed E-state index contributed by atoms with van der Waals surface area (Å²) in [6.07, 6.45) is 4.04. The van der Waals surface area contributed by atoms with E-state index in [4.69, 9.17) is 0 Å². The van der Waals surface area contributed by atoms with Crippen LogP contribution in [0.3, 0.4) is 0 Å². The van der Waals surface area contributed by atoms with Gasteiger partial charge in [0.25, 0.3) is 5.91 Å². The number of phenolic OH excluding ortho intramolecular Hbond substituents is 1. The maximum absolute atomic E-state index is 15.4. The van der Waals surface area contributed by atoms with Gasteiger partial charge in [-0.15, -0.1) is 0 Å². The molecule has 52 heavy (non-hydrogen) atoms. The Morgan fingerprint density at radius 1 is 1.00 bits per heavy atom. The number of piperidine rings is 2. The lowest BCUT2D eigenvalue weighted by Gasteiger charge is -2.34. The lowest BCUT2D eigenvalue weighted by Crippen LogP contribution is -2.44. The Balaban J connectivity index is 0.873. The van der Waals surface area contributed by atoms with Gasteiger partial charge in [-0.05, 0) is 91.8 Å². The molecule has 1 aromatic heterocycles. The zero-order valence-corrected chi connectivity index (χ0v) is 28.9. The van der Waals surface area contributed by atoms with E-state index >= 15 is 4.39 Å². The highest BCUT2D eigenvalue weighted by atomic mass is 32.2. The van der Waals surface area contributed by atoms with E-state index < -0.39 is 51.9 Å². The number of halogens is 1. The number of carbonyl (C=O) groups excluding carboxylic acids is 4. The zero-order chi connectivity index (χ0) is 36.6. The second kappa shape index (κ2) is 12.4. The first-order valence-corrected chi connectivity index (χ1v) is 18.6. The fourth-order valence-corrected chi connectivity index (χ4v) is 9.16. The van der Waals surface area contributed by atoms with E-state index in [-0.39, 0.29) is 53.0 Å². The zero-order valence-electron chi connectivity index (χ0n) is 28.1. The lowest BCUT2D eigenvalue weighted by atomic mass is 9.90. The lowest BCUT2D eigenvalue weighted by molar-refractivity contribution is -0.135. The van der Waals surface area contributed by atoms with Gasteiger partial charge in [0.1, 0.15) is 24.0 Å². The first kappa shape index (κ1) is 33.7. The van der Waals surface area contributed by atoms with Crippen LogP contribution >= 0.6 is 0 Å². The number of benzene rings is 3. The number of hydrogen-bond acceptors (Lipinski definition) is 9. The average molecular weight is 734 g/mol. The molecule has 3 aliphatic heterocycles.